The van der Waals surface area contributed by atoms with Crippen molar-refractivity contribution in [3.63, 3.8) is 0 Å². The number of carbonyl (C=O) groups is 4. The van der Waals surface area contributed by atoms with E-state index in [0.29, 0.717) is 18.4 Å². The molecule has 1 aromatic carbocycles. The highest BCUT2D eigenvalue weighted by molar-refractivity contribution is 6.25. The summed E-state index contributed by atoms with van der Waals surface area (Å²) in [6.07, 6.45) is -0.180. The highest BCUT2D eigenvalue weighted by atomic mass is 16.5. The lowest BCUT2D eigenvalue weighted by atomic mass is 9.55. The Morgan fingerprint density at radius 3 is 2.35 bits per heavy atom. The molecular weight excluding hydrogens is 484 g/mol. The summed E-state index contributed by atoms with van der Waals surface area (Å²) in [5.41, 5.74) is 1.45. The number of Topliss-reactive ketones (excluding diaryl/α,β-unsaturated/α-hetero) is 2. The number of carbonyl (C=O) groups excluding carboxylic acids is 4. The molecule has 11 nitrogen and oxygen atoms in total. The number of nitrogens with two attached hydrogens (primary N) is 1. The number of nitrogens with zero attached hydrogens (tertiary/aromatic N) is 1. The first-order valence-electron chi connectivity index (χ1n) is 12.0. The number of primary amides is 1. The molecule has 11 heteroatoms. The Hall–Kier alpha value is -3.70. The van der Waals surface area contributed by atoms with E-state index in [0.717, 1.165) is 0 Å². The van der Waals surface area contributed by atoms with Gasteiger partial charge in [0.05, 0.1) is 23.4 Å². The second-order valence-corrected chi connectivity index (χ2v) is 10.5. The van der Waals surface area contributed by atoms with Gasteiger partial charge >= 0.3 is 5.97 Å². The number of fused-ring (bicyclic) bond motifs is 3. The van der Waals surface area contributed by atoms with Crippen LogP contribution in [0.3, 0.4) is 0 Å². The number of phenols is 1. The van der Waals surface area contributed by atoms with Crippen LogP contribution in [0, 0.1) is 17.8 Å². The third-order valence-corrected chi connectivity index (χ3v) is 8.13. The van der Waals surface area contributed by atoms with Gasteiger partial charge < -0.3 is 30.9 Å². The number of phenolic OH excluding ortho intramolecular Hbond substituents is 1. The summed E-state index contributed by atoms with van der Waals surface area (Å²) in [5.74, 6) is -9.82. The van der Waals surface area contributed by atoms with Crippen molar-refractivity contribution in [2.75, 3.05) is 14.1 Å². The summed E-state index contributed by atoms with van der Waals surface area (Å²) in [6, 6.07) is 3.19. The molecule has 0 heterocycles. The monoisotopic (exact) mass is 512 g/mol. The summed E-state index contributed by atoms with van der Waals surface area (Å²) in [6.45, 7) is 1.71. The number of ketones is 2. The van der Waals surface area contributed by atoms with Crippen LogP contribution in [0.25, 0.3) is 0 Å². The second kappa shape index (κ2) is 8.15. The lowest BCUT2D eigenvalue weighted by Crippen LogP contribution is -2.69. The third kappa shape index (κ3) is 3.27. The van der Waals surface area contributed by atoms with E-state index >= 15 is 0 Å². The van der Waals surface area contributed by atoms with Crippen LogP contribution in [0.2, 0.25) is 0 Å². The first kappa shape index (κ1) is 25.0. The van der Waals surface area contributed by atoms with Crippen LogP contribution in [-0.2, 0) is 19.1 Å². The maximum Gasteiger partial charge on any atom is 0.309 e. The summed E-state index contributed by atoms with van der Waals surface area (Å²) < 4.78 is 5.92. The molecule has 37 heavy (non-hydrogen) atoms. The summed E-state index contributed by atoms with van der Waals surface area (Å²) >= 11 is 0. The number of amides is 1. The Bertz CT molecular complexity index is 1330. The molecule has 0 radical (unpaired) electrons. The topological polar surface area (TPSA) is 188 Å². The van der Waals surface area contributed by atoms with E-state index in [-0.39, 0.29) is 17.2 Å². The van der Waals surface area contributed by atoms with Gasteiger partial charge in [-0.25, -0.2) is 0 Å². The smallest absolute Gasteiger partial charge is 0.309 e. The van der Waals surface area contributed by atoms with Crippen molar-refractivity contribution in [3.8, 4) is 5.75 Å². The number of aliphatic hydroxyl groups excluding tert-OH is 2. The van der Waals surface area contributed by atoms with Crippen molar-refractivity contribution in [1.29, 1.82) is 0 Å². The number of hydrogen-bond acceptors (Lipinski definition) is 10. The van der Waals surface area contributed by atoms with Crippen molar-refractivity contribution < 1.29 is 44.3 Å². The molecular formula is C26H28N2O9. The number of aliphatic hydroxyl groups is 3. The fraction of sp³-hybridized carbons (Fsp3) is 0.462. The molecule has 0 spiro atoms. The van der Waals surface area contributed by atoms with Crippen molar-refractivity contribution in [2.24, 2.45) is 23.5 Å². The fourth-order valence-corrected chi connectivity index (χ4v) is 6.24. The molecule has 6 N–H and O–H groups in total. The molecule has 6 unspecified atom stereocenters. The molecule has 0 aliphatic heterocycles. The highest BCUT2D eigenvalue weighted by Gasteiger charge is 2.68. The van der Waals surface area contributed by atoms with Gasteiger partial charge in [-0.2, -0.15) is 0 Å². The van der Waals surface area contributed by atoms with E-state index in [1.165, 1.54) is 25.1 Å². The first-order chi connectivity index (χ1) is 17.3. The van der Waals surface area contributed by atoms with E-state index in [1.807, 2.05) is 0 Å². The van der Waals surface area contributed by atoms with Crippen LogP contribution in [0.15, 0.2) is 40.9 Å². The summed E-state index contributed by atoms with van der Waals surface area (Å²) in [5, 5.41) is 44.9. The molecule has 196 valence electrons. The van der Waals surface area contributed by atoms with Gasteiger partial charge in [0.15, 0.2) is 11.4 Å². The minimum absolute atomic E-state index is 0.108. The number of hydrogen-bond donors (Lipinski definition) is 5. The van der Waals surface area contributed by atoms with Crippen LogP contribution in [0.1, 0.15) is 41.6 Å². The fourth-order valence-electron chi connectivity index (χ4n) is 6.24. The lowest BCUT2D eigenvalue weighted by Gasteiger charge is -2.54. The Balaban J connectivity index is 1.83. The van der Waals surface area contributed by atoms with Gasteiger partial charge in [0, 0.05) is 11.5 Å². The first-order valence-corrected chi connectivity index (χ1v) is 12.0. The van der Waals surface area contributed by atoms with E-state index in [1.54, 1.807) is 19.1 Å². The minimum atomic E-state index is -2.93. The van der Waals surface area contributed by atoms with Crippen LogP contribution in [-0.4, -0.2) is 80.6 Å². The van der Waals surface area contributed by atoms with Crippen LogP contribution in [0.5, 0.6) is 5.75 Å². The lowest BCUT2D eigenvalue weighted by molar-refractivity contribution is -0.181. The number of esters is 1. The van der Waals surface area contributed by atoms with Crippen molar-refractivity contribution in [2.45, 2.75) is 43.4 Å². The molecule has 6 atom stereocenters. The third-order valence-electron chi connectivity index (χ3n) is 8.13. The molecule has 1 fully saturated rings. The predicted molar refractivity (Wildman–Crippen MR) is 126 cm³/mol. The van der Waals surface area contributed by atoms with Gasteiger partial charge in [-0.05, 0) is 44.5 Å². The second-order valence-electron chi connectivity index (χ2n) is 10.5. The molecule has 4 aliphatic carbocycles. The quantitative estimate of drug-likeness (QED) is 0.282. The van der Waals surface area contributed by atoms with Gasteiger partial charge in [0.25, 0.3) is 5.91 Å². The maximum atomic E-state index is 13.7. The van der Waals surface area contributed by atoms with Gasteiger partial charge in [-0.15, -0.1) is 0 Å². The Morgan fingerprint density at radius 1 is 1.14 bits per heavy atom. The van der Waals surface area contributed by atoms with Gasteiger partial charge in [-0.3, -0.25) is 24.1 Å². The summed E-state index contributed by atoms with van der Waals surface area (Å²) in [4.78, 5) is 53.9. The van der Waals surface area contributed by atoms with Crippen molar-refractivity contribution in [3.05, 3.63) is 52.0 Å². The van der Waals surface area contributed by atoms with Crippen LogP contribution >= 0.6 is 0 Å². The Kier molecular flexibility index (Phi) is 5.50. The van der Waals surface area contributed by atoms with Crippen molar-refractivity contribution >= 4 is 23.4 Å². The Morgan fingerprint density at radius 2 is 1.78 bits per heavy atom. The Labute approximate surface area is 211 Å². The van der Waals surface area contributed by atoms with Crippen LogP contribution in [0.4, 0.5) is 0 Å². The molecule has 1 saturated carbocycles. The average Bonchev–Trinajstić information content (AvgIpc) is 3.66. The van der Waals surface area contributed by atoms with E-state index < -0.39 is 81.6 Å². The molecule has 1 amide bonds. The summed E-state index contributed by atoms with van der Waals surface area (Å²) in [7, 11) is 3.02. The normalized spacial score (nSPS) is 33.2. The number of aromatic hydroxyl groups is 1. The van der Waals surface area contributed by atoms with E-state index in [9.17, 15) is 39.6 Å². The predicted octanol–water partition coefficient (Wildman–Crippen LogP) is 0.613. The molecule has 0 aromatic heterocycles. The van der Waals surface area contributed by atoms with Crippen molar-refractivity contribution in [1.82, 2.24) is 4.90 Å². The highest BCUT2D eigenvalue weighted by Crippen LogP contribution is 2.56. The zero-order chi connectivity index (χ0) is 27.1. The van der Waals surface area contributed by atoms with Crippen LogP contribution < -0.4 is 5.73 Å². The number of benzene rings is 1. The molecule has 0 bridgehead atoms. The van der Waals surface area contributed by atoms with Gasteiger partial charge in [-0.1, -0.05) is 19.1 Å². The number of rotatable bonds is 4. The maximum absolute atomic E-state index is 13.7. The largest absolute Gasteiger partial charge is 0.510 e. The average molecular weight is 513 g/mol. The molecule has 0 saturated heterocycles. The zero-order valence-corrected chi connectivity index (χ0v) is 20.5. The zero-order valence-electron chi connectivity index (χ0n) is 20.5. The van der Waals surface area contributed by atoms with Gasteiger partial charge in [0.2, 0.25) is 5.78 Å². The molecule has 5 rings (SSSR count). The SMILES string of the molecule is CC1c2cccc(O)c2C(=O)C2=C(O)C3(O)C(=O)C(C(N)=O)=C(O)C(N(C)C)C3C(OC(=O)C3CC3)C21. The number of ether oxygens (including phenoxy) is 1. The van der Waals surface area contributed by atoms with E-state index in [2.05, 4.69) is 0 Å². The standard InChI is InChI=1S/C26H28N2O9/c1-9-11-5-4-6-12(29)14(11)19(30)15-13(9)21(37-25(35)10-7-8-10)17-18(28(2)3)20(31)16(24(27)34)23(33)26(17,36)22(15)32/h4-6,9-10,13,17-18,21,29,31-32,36H,7-8H2,1-3H3,(H2,27,34). The molecule has 1 aromatic rings. The van der Waals surface area contributed by atoms with E-state index in [4.69, 9.17) is 10.5 Å². The van der Waals surface area contributed by atoms with Gasteiger partial charge in [0.1, 0.15) is 28.9 Å². The number of likely N-dealkylation sites (N-methyl/N-ethyl adjacent to an activating group) is 1. The minimum Gasteiger partial charge on any atom is -0.510 e. The molecule has 4 aliphatic rings.